The van der Waals surface area contributed by atoms with Gasteiger partial charge < -0.3 is 10.1 Å². The molecule has 0 radical (unpaired) electrons. The second kappa shape index (κ2) is 7.84. The van der Waals surface area contributed by atoms with Gasteiger partial charge in [0.25, 0.3) is 0 Å². The third-order valence-electron chi connectivity index (χ3n) is 2.09. The summed E-state index contributed by atoms with van der Waals surface area (Å²) >= 11 is 5.72. The van der Waals surface area contributed by atoms with Crippen molar-refractivity contribution in [2.24, 2.45) is 5.92 Å². The highest BCUT2D eigenvalue weighted by atomic mass is 35.5. The van der Waals surface area contributed by atoms with E-state index in [-0.39, 0.29) is 0 Å². The Morgan fingerprint density at radius 1 is 1.42 bits per heavy atom. The third-order valence-corrected chi connectivity index (χ3v) is 2.58. The van der Waals surface area contributed by atoms with Gasteiger partial charge in [0.1, 0.15) is 0 Å². The molecule has 0 saturated heterocycles. The van der Waals surface area contributed by atoms with Gasteiger partial charge in [-0.3, -0.25) is 0 Å². The smallest absolute Gasteiger partial charge is 0.0474 e. The number of ether oxygens (including phenoxy) is 1. The lowest BCUT2D eigenvalue weighted by atomic mass is 10.1. The summed E-state index contributed by atoms with van der Waals surface area (Å²) in [5.74, 6) is 1.26. The summed E-state index contributed by atoms with van der Waals surface area (Å²) in [5, 5.41) is 3.40. The van der Waals surface area contributed by atoms with E-state index in [9.17, 15) is 0 Å². The van der Waals surface area contributed by atoms with Crippen LogP contribution in [0.1, 0.15) is 20.3 Å². The highest BCUT2D eigenvalue weighted by Crippen LogP contribution is 2.03. The van der Waals surface area contributed by atoms with Gasteiger partial charge >= 0.3 is 0 Å². The van der Waals surface area contributed by atoms with Crippen molar-refractivity contribution in [2.45, 2.75) is 26.3 Å². The number of alkyl halides is 1. The Balaban J connectivity index is 3.24. The topological polar surface area (TPSA) is 21.3 Å². The molecule has 0 aliphatic rings. The van der Waals surface area contributed by atoms with Crippen LogP contribution in [-0.4, -0.2) is 32.2 Å². The number of hydrogen-bond donors (Lipinski definition) is 1. The molecule has 74 valence electrons. The molecule has 1 N–H and O–H groups in total. The average Bonchev–Trinajstić information content (AvgIpc) is 2.10. The van der Waals surface area contributed by atoms with Gasteiger partial charge in [-0.1, -0.05) is 6.92 Å². The van der Waals surface area contributed by atoms with E-state index in [1.807, 2.05) is 0 Å². The van der Waals surface area contributed by atoms with Crippen LogP contribution in [0.3, 0.4) is 0 Å². The van der Waals surface area contributed by atoms with Crippen LogP contribution < -0.4 is 5.32 Å². The Morgan fingerprint density at radius 2 is 2.08 bits per heavy atom. The molecule has 0 bridgehead atoms. The number of methoxy groups -OCH3 is 1. The molecule has 0 heterocycles. The first-order chi connectivity index (χ1) is 5.72. The molecule has 12 heavy (non-hydrogen) atoms. The number of rotatable bonds is 7. The van der Waals surface area contributed by atoms with E-state index >= 15 is 0 Å². The van der Waals surface area contributed by atoms with Crippen LogP contribution in [0.4, 0.5) is 0 Å². The van der Waals surface area contributed by atoms with Crippen molar-refractivity contribution >= 4 is 11.6 Å². The highest BCUT2D eigenvalue weighted by Gasteiger charge is 2.08. The summed E-state index contributed by atoms with van der Waals surface area (Å²) in [6.07, 6.45) is 1.07. The van der Waals surface area contributed by atoms with Crippen LogP contribution in [0.2, 0.25) is 0 Å². The molecule has 0 aromatic heterocycles. The van der Waals surface area contributed by atoms with E-state index in [2.05, 4.69) is 19.2 Å². The molecule has 0 aliphatic heterocycles. The highest BCUT2D eigenvalue weighted by molar-refractivity contribution is 6.18. The second-order valence-electron chi connectivity index (χ2n) is 3.22. The fraction of sp³-hybridized carbons (Fsp3) is 1.00. The normalized spacial score (nSPS) is 16.0. The molecule has 0 fully saturated rings. The molecule has 2 nitrogen and oxygen atoms in total. The molecule has 0 aliphatic carbocycles. The standard InChI is InChI=1S/C9H20ClNO/c1-8(7-10)9(2)11-5-4-6-12-3/h8-9,11H,4-7H2,1-3H3. The van der Waals surface area contributed by atoms with Crippen LogP contribution in [-0.2, 0) is 4.74 Å². The quantitative estimate of drug-likeness (QED) is 0.493. The van der Waals surface area contributed by atoms with Crippen molar-refractivity contribution in [1.82, 2.24) is 5.32 Å². The van der Waals surface area contributed by atoms with E-state index in [1.165, 1.54) is 0 Å². The first-order valence-electron chi connectivity index (χ1n) is 4.50. The SMILES string of the molecule is COCCCNC(C)C(C)CCl. The molecule has 2 unspecified atom stereocenters. The Kier molecular flexibility index (Phi) is 7.98. The minimum Gasteiger partial charge on any atom is -0.385 e. The summed E-state index contributed by atoms with van der Waals surface area (Å²) in [6, 6.07) is 0.499. The van der Waals surface area contributed by atoms with Crippen LogP contribution in [0.15, 0.2) is 0 Å². The van der Waals surface area contributed by atoms with Gasteiger partial charge in [-0.05, 0) is 25.8 Å². The number of halogens is 1. The fourth-order valence-electron chi connectivity index (χ4n) is 0.881. The second-order valence-corrected chi connectivity index (χ2v) is 3.53. The van der Waals surface area contributed by atoms with Gasteiger partial charge in [-0.2, -0.15) is 0 Å². The van der Waals surface area contributed by atoms with Gasteiger partial charge in [0, 0.05) is 25.6 Å². The predicted molar refractivity (Wildman–Crippen MR) is 53.8 cm³/mol. The molecular formula is C9H20ClNO. The minimum atomic E-state index is 0.499. The third kappa shape index (κ3) is 5.81. The first-order valence-corrected chi connectivity index (χ1v) is 5.04. The van der Waals surface area contributed by atoms with Gasteiger partial charge in [0.2, 0.25) is 0 Å². The van der Waals surface area contributed by atoms with E-state index < -0.39 is 0 Å². The Morgan fingerprint density at radius 3 is 2.58 bits per heavy atom. The Hall–Kier alpha value is 0.210. The zero-order chi connectivity index (χ0) is 9.40. The van der Waals surface area contributed by atoms with Crippen molar-refractivity contribution in [1.29, 1.82) is 0 Å². The largest absolute Gasteiger partial charge is 0.385 e. The number of hydrogen-bond acceptors (Lipinski definition) is 2. The lowest BCUT2D eigenvalue weighted by molar-refractivity contribution is 0.192. The van der Waals surface area contributed by atoms with Crippen molar-refractivity contribution in [2.75, 3.05) is 26.1 Å². The molecule has 0 spiro atoms. The zero-order valence-electron chi connectivity index (χ0n) is 8.27. The van der Waals surface area contributed by atoms with Crippen molar-refractivity contribution in [3.05, 3.63) is 0 Å². The van der Waals surface area contributed by atoms with Gasteiger partial charge in [-0.25, -0.2) is 0 Å². The van der Waals surface area contributed by atoms with E-state index in [1.54, 1.807) is 7.11 Å². The van der Waals surface area contributed by atoms with Crippen LogP contribution in [0.5, 0.6) is 0 Å². The van der Waals surface area contributed by atoms with Crippen LogP contribution in [0, 0.1) is 5.92 Å². The summed E-state index contributed by atoms with van der Waals surface area (Å²) < 4.78 is 4.94. The van der Waals surface area contributed by atoms with E-state index in [0.717, 1.165) is 25.5 Å². The predicted octanol–water partition coefficient (Wildman–Crippen LogP) is 1.88. The lowest BCUT2D eigenvalue weighted by Gasteiger charge is -2.18. The molecule has 3 heteroatoms. The molecule has 0 saturated carbocycles. The van der Waals surface area contributed by atoms with E-state index in [0.29, 0.717) is 12.0 Å². The first kappa shape index (κ1) is 12.2. The molecule has 0 aromatic carbocycles. The average molecular weight is 194 g/mol. The molecule has 0 aromatic rings. The van der Waals surface area contributed by atoms with Crippen molar-refractivity contribution < 1.29 is 4.74 Å². The monoisotopic (exact) mass is 193 g/mol. The molecule has 0 amide bonds. The fourth-order valence-corrected chi connectivity index (χ4v) is 1.15. The minimum absolute atomic E-state index is 0.499. The summed E-state index contributed by atoms with van der Waals surface area (Å²) in [5.41, 5.74) is 0. The Labute approximate surface area is 80.6 Å². The van der Waals surface area contributed by atoms with Crippen LogP contribution in [0.25, 0.3) is 0 Å². The van der Waals surface area contributed by atoms with Crippen molar-refractivity contribution in [3.8, 4) is 0 Å². The van der Waals surface area contributed by atoms with Gasteiger partial charge in [-0.15, -0.1) is 11.6 Å². The number of nitrogens with one attached hydrogen (secondary N) is 1. The molecular weight excluding hydrogens is 174 g/mol. The van der Waals surface area contributed by atoms with Gasteiger partial charge in [0.05, 0.1) is 0 Å². The summed E-state index contributed by atoms with van der Waals surface area (Å²) in [6.45, 7) is 6.16. The van der Waals surface area contributed by atoms with Crippen LogP contribution >= 0.6 is 11.6 Å². The van der Waals surface area contributed by atoms with Crippen molar-refractivity contribution in [3.63, 3.8) is 0 Å². The molecule has 0 rings (SSSR count). The maximum atomic E-state index is 5.72. The summed E-state index contributed by atoms with van der Waals surface area (Å²) in [7, 11) is 1.73. The maximum absolute atomic E-state index is 5.72. The molecule has 2 atom stereocenters. The Bertz CT molecular complexity index is 101. The van der Waals surface area contributed by atoms with Gasteiger partial charge in [0.15, 0.2) is 0 Å². The summed E-state index contributed by atoms with van der Waals surface area (Å²) in [4.78, 5) is 0. The zero-order valence-corrected chi connectivity index (χ0v) is 9.03. The lowest BCUT2D eigenvalue weighted by Crippen LogP contribution is -2.34. The maximum Gasteiger partial charge on any atom is 0.0474 e. The van der Waals surface area contributed by atoms with E-state index in [4.69, 9.17) is 16.3 Å².